The Morgan fingerprint density at radius 1 is 1.64 bits per heavy atom. The van der Waals surface area contributed by atoms with Crippen molar-refractivity contribution >= 4 is 5.97 Å². The largest absolute Gasteiger partial charge is 0.481 e. The third-order valence-electron chi connectivity index (χ3n) is 2.57. The molecular formula is C10H19NO3. The van der Waals surface area contributed by atoms with E-state index < -0.39 is 5.97 Å². The highest BCUT2D eigenvalue weighted by Crippen LogP contribution is 2.13. The van der Waals surface area contributed by atoms with Gasteiger partial charge in [0, 0.05) is 19.7 Å². The molecule has 4 heteroatoms. The molecular weight excluding hydrogens is 182 g/mol. The smallest absolute Gasteiger partial charge is 0.304 e. The second-order valence-corrected chi connectivity index (χ2v) is 3.67. The molecule has 0 spiro atoms. The molecule has 1 unspecified atom stereocenters. The zero-order chi connectivity index (χ0) is 10.4. The summed E-state index contributed by atoms with van der Waals surface area (Å²) in [5.74, 6) is -0.726. The molecule has 82 valence electrons. The van der Waals surface area contributed by atoms with E-state index in [1.165, 1.54) is 0 Å². The van der Waals surface area contributed by atoms with Crippen LogP contribution in [0.5, 0.6) is 0 Å². The molecule has 0 aromatic rings. The van der Waals surface area contributed by atoms with Crippen molar-refractivity contribution in [3.05, 3.63) is 0 Å². The van der Waals surface area contributed by atoms with Crippen LogP contribution in [0.2, 0.25) is 0 Å². The Morgan fingerprint density at radius 2 is 2.43 bits per heavy atom. The number of likely N-dealkylation sites (N-methyl/N-ethyl adjacent to an activating group) is 1. The summed E-state index contributed by atoms with van der Waals surface area (Å²) in [4.78, 5) is 12.5. The molecule has 0 bridgehead atoms. The first kappa shape index (κ1) is 11.5. The third kappa shape index (κ3) is 4.07. The fourth-order valence-corrected chi connectivity index (χ4v) is 1.71. The van der Waals surface area contributed by atoms with Crippen LogP contribution in [-0.2, 0) is 9.53 Å². The Labute approximate surface area is 84.8 Å². The van der Waals surface area contributed by atoms with Crippen LogP contribution in [-0.4, -0.2) is 48.3 Å². The van der Waals surface area contributed by atoms with Crippen molar-refractivity contribution in [3.8, 4) is 0 Å². The lowest BCUT2D eigenvalue weighted by molar-refractivity contribution is -0.137. The van der Waals surface area contributed by atoms with Crippen LogP contribution >= 0.6 is 0 Å². The highest BCUT2D eigenvalue weighted by atomic mass is 16.5. The van der Waals surface area contributed by atoms with Crippen molar-refractivity contribution < 1.29 is 14.6 Å². The van der Waals surface area contributed by atoms with Gasteiger partial charge in [-0.1, -0.05) is 6.92 Å². The van der Waals surface area contributed by atoms with E-state index in [2.05, 4.69) is 11.8 Å². The van der Waals surface area contributed by atoms with E-state index in [9.17, 15) is 4.79 Å². The van der Waals surface area contributed by atoms with Gasteiger partial charge >= 0.3 is 5.97 Å². The van der Waals surface area contributed by atoms with Gasteiger partial charge in [-0.3, -0.25) is 4.79 Å². The summed E-state index contributed by atoms with van der Waals surface area (Å²) in [6.07, 6.45) is 2.80. The Balaban J connectivity index is 2.19. The Hall–Kier alpha value is -0.610. The van der Waals surface area contributed by atoms with Gasteiger partial charge in [0.05, 0.1) is 12.5 Å². The van der Waals surface area contributed by atoms with Crippen molar-refractivity contribution in [3.63, 3.8) is 0 Å². The Bertz CT molecular complexity index is 178. The molecule has 0 saturated carbocycles. The maximum atomic E-state index is 10.4. The summed E-state index contributed by atoms with van der Waals surface area (Å²) in [6, 6.07) is 0. The van der Waals surface area contributed by atoms with Gasteiger partial charge in [0.1, 0.15) is 0 Å². The average molecular weight is 201 g/mol. The molecule has 1 heterocycles. The zero-order valence-electron chi connectivity index (χ0n) is 8.74. The van der Waals surface area contributed by atoms with E-state index in [0.717, 1.165) is 32.5 Å². The fourth-order valence-electron chi connectivity index (χ4n) is 1.71. The summed E-state index contributed by atoms with van der Waals surface area (Å²) in [6.45, 7) is 5.32. The van der Waals surface area contributed by atoms with Crippen molar-refractivity contribution in [2.75, 3.05) is 26.2 Å². The van der Waals surface area contributed by atoms with E-state index >= 15 is 0 Å². The van der Waals surface area contributed by atoms with Gasteiger partial charge in [0.25, 0.3) is 0 Å². The maximum absolute atomic E-state index is 10.4. The highest BCUT2D eigenvalue weighted by Gasteiger charge is 2.18. The molecule has 0 aliphatic carbocycles. The maximum Gasteiger partial charge on any atom is 0.304 e. The lowest BCUT2D eigenvalue weighted by Gasteiger charge is -2.22. The van der Waals surface area contributed by atoms with Crippen LogP contribution in [0.3, 0.4) is 0 Å². The zero-order valence-corrected chi connectivity index (χ0v) is 8.74. The molecule has 1 aliphatic rings. The van der Waals surface area contributed by atoms with E-state index in [1.807, 2.05) is 0 Å². The summed E-state index contributed by atoms with van der Waals surface area (Å²) in [7, 11) is 0. The number of nitrogens with zero attached hydrogens (tertiary/aromatic N) is 1. The number of ether oxygens (including phenoxy) is 1. The van der Waals surface area contributed by atoms with Crippen LogP contribution < -0.4 is 0 Å². The molecule has 1 N–H and O–H groups in total. The number of rotatable bonds is 6. The van der Waals surface area contributed by atoms with Crippen LogP contribution in [0, 0.1) is 0 Å². The quantitative estimate of drug-likeness (QED) is 0.695. The normalized spacial score (nSPS) is 21.7. The first-order chi connectivity index (χ1) is 6.72. The Morgan fingerprint density at radius 3 is 2.93 bits per heavy atom. The van der Waals surface area contributed by atoms with E-state index in [0.29, 0.717) is 12.6 Å². The summed E-state index contributed by atoms with van der Waals surface area (Å²) in [5, 5.41) is 8.56. The minimum absolute atomic E-state index is 0.223. The van der Waals surface area contributed by atoms with Crippen molar-refractivity contribution in [1.29, 1.82) is 0 Å². The molecule has 1 aliphatic heterocycles. The lowest BCUT2D eigenvalue weighted by atomic mass is 10.2. The highest BCUT2D eigenvalue weighted by molar-refractivity contribution is 5.66. The summed E-state index contributed by atoms with van der Waals surface area (Å²) >= 11 is 0. The summed E-state index contributed by atoms with van der Waals surface area (Å²) < 4.78 is 5.50. The van der Waals surface area contributed by atoms with Crippen molar-refractivity contribution in [1.82, 2.24) is 4.90 Å². The number of hydrogen-bond acceptors (Lipinski definition) is 3. The SMILES string of the molecule is CCN(CCC(=O)O)CC1CCCO1. The molecule has 0 radical (unpaired) electrons. The number of hydrogen-bond donors (Lipinski definition) is 1. The molecule has 1 atom stereocenters. The minimum Gasteiger partial charge on any atom is -0.481 e. The lowest BCUT2D eigenvalue weighted by Crippen LogP contribution is -2.33. The molecule has 0 aromatic carbocycles. The predicted molar refractivity (Wildman–Crippen MR) is 53.3 cm³/mol. The topological polar surface area (TPSA) is 49.8 Å². The Kier molecular flexibility index (Phi) is 4.90. The second kappa shape index (κ2) is 5.98. The van der Waals surface area contributed by atoms with Gasteiger partial charge in [0.2, 0.25) is 0 Å². The van der Waals surface area contributed by atoms with Gasteiger partial charge in [-0.15, -0.1) is 0 Å². The molecule has 1 fully saturated rings. The van der Waals surface area contributed by atoms with Gasteiger partial charge in [-0.05, 0) is 19.4 Å². The third-order valence-corrected chi connectivity index (χ3v) is 2.57. The van der Waals surface area contributed by atoms with E-state index in [1.54, 1.807) is 0 Å². The minimum atomic E-state index is -0.726. The first-order valence-electron chi connectivity index (χ1n) is 5.28. The second-order valence-electron chi connectivity index (χ2n) is 3.67. The van der Waals surface area contributed by atoms with Crippen LogP contribution in [0.1, 0.15) is 26.2 Å². The van der Waals surface area contributed by atoms with Gasteiger partial charge in [0.15, 0.2) is 0 Å². The van der Waals surface area contributed by atoms with Gasteiger partial charge in [-0.25, -0.2) is 0 Å². The monoisotopic (exact) mass is 201 g/mol. The standard InChI is InChI=1S/C10H19NO3/c1-2-11(6-5-10(12)13)8-9-4-3-7-14-9/h9H,2-8H2,1H3,(H,12,13). The molecule has 0 amide bonds. The molecule has 0 aromatic heterocycles. The summed E-state index contributed by atoms with van der Waals surface area (Å²) in [5.41, 5.74) is 0. The molecule has 4 nitrogen and oxygen atoms in total. The number of carboxylic acid groups (broad SMARTS) is 1. The predicted octanol–water partition coefficient (Wildman–Crippen LogP) is 0.962. The molecule has 1 saturated heterocycles. The molecule has 14 heavy (non-hydrogen) atoms. The number of carbonyl (C=O) groups is 1. The molecule has 1 rings (SSSR count). The van der Waals surface area contributed by atoms with Crippen molar-refractivity contribution in [2.45, 2.75) is 32.3 Å². The van der Waals surface area contributed by atoms with E-state index in [4.69, 9.17) is 9.84 Å². The van der Waals surface area contributed by atoms with Crippen LogP contribution in [0.15, 0.2) is 0 Å². The van der Waals surface area contributed by atoms with Crippen molar-refractivity contribution in [2.24, 2.45) is 0 Å². The average Bonchev–Trinajstić information content (AvgIpc) is 2.64. The number of carboxylic acids is 1. The van der Waals surface area contributed by atoms with E-state index in [-0.39, 0.29) is 6.42 Å². The van der Waals surface area contributed by atoms with Crippen LogP contribution in [0.25, 0.3) is 0 Å². The van der Waals surface area contributed by atoms with Gasteiger partial charge < -0.3 is 14.7 Å². The van der Waals surface area contributed by atoms with Crippen LogP contribution in [0.4, 0.5) is 0 Å². The number of aliphatic carboxylic acids is 1. The van der Waals surface area contributed by atoms with Gasteiger partial charge in [-0.2, -0.15) is 0 Å². The fraction of sp³-hybridized carbons (Fsp3) is 0.900. The first-order valence-corrected chi connectivity index (χ1v) is 5.28.